The van der Waals surface area contributed by atoms with Gasteiger partial charge < -0.3 is 0 Å². The van der Waals surface area contributed by atoms with Crippen LogP contribution < -0.4 is 4.57 Å². The molecule has 0 bridgehead atoms. The molecule has 0 saturated heterocycles. The first kappa shape index (κ1) is 12.8. The number of fused-ring (bicyclic) bond motifs is 3. The second kappa shape index (κ2) is 4.66. The summed E-state index contributed by atoms with van der Waals surface area (Å²) in [6.07, 6.45) is 2.35. The Morgan fingerprint density at radius 1 is 1.04 bits per heavy atom. The van der Waals surface area contributed by atoms with E-state index in [1.54, 1.807) is 0 Å². The first-order valence-corrected chi connectivity index (χ1v) is 8.22. The van der Waals surface area contributed by atoms with Crippen LogP contribution >= 0.6 is 0 Å². The van der Waals surface area contributed by atoms with Gasteiger partial charge in [-0.2, -0.15) is 4.40 Å². The highest BCUT2D eigenvalue weighted by atomic mass is 15.2. The number of imidazole rings is 1. The van der Waals surface area contributed by atoms with Crippen molar-refractivity contribution in [1.82, 2.24) is 9.38 Å². The standard InChI is InChI=1S/C20H18N3/c1-14-13-17(15-7-3-2-4-8-15)21-20-22-12-6-10-16-9-5-11-18(19(16)22)23(14)20/h2-5,7-9,11,13H,6,10,12H2,1H3/q+1. The lowest BCUT2D eigenvalue weighted by atomic mass is 10.0. The zero-order chi connectivity index (χ0) is 15.4. The van der Waals surface area contributed by atoms with Gasteiger partial charge in [0.2, 0.25) is 0 Å². The first-order valence-electron chi connectivity index (χ1n) is 8.22. The highest BCUT2D eigenvalue weighted by Gasteiger charge is 2.26. The second-order valence-electron chi connectivity index (χ2n) is 6.32. The summed E-state index contributed by atoms with van der Waals surface area (Å²) >= 11 is 0. The van der Waals surface area contributed by atoms with E-state index in [2.05, 4.69) is 64.4 Å². The molecule has 0 N–H and O–H groups in total. The van der Waals surface area contributed by atoms with E-state index in [9.17, 15) is 0 Å². The van der Waals surface area contributed by atoms with Gasteiger partial charge in [-0.25, -0.2) is 4.57 Å². The van der Waals surface area contributed by atoms with Crippen LogP contribution in [0.1, 0.15) is 17.7 Å². The molecule has 2 aromatic heterocycles. The zero-order valence-electron chi connectivity index (χ0n) is 13.2. The predicted octanol–water partition coefficient (Wildman–Crippen LogP) is 3.70. The Bertz CT molecular complexity index is 1050. The molecule has 0 spiro atoms. The largest absolute Gasteiger partial charge is 0.405 e. The molecule has 3 nitrogen and oxygen atoms in total. The Morgan fingerprint density at radius 2 is 1.91 bits per heavy atom. The molecule has 0 atom stereocenters. The summed E-state index contributed by atoms with van der Waals surface area (Å²) < 4.78 is 4.70. The van der Waals surface area contributed by atoms with Gasteiger partial charge in [-0.05, 0) is 31.4 Å². The maximum Gasteiger partial charge on any atom is 0.405 e. The van der Waals surface area contributed by atoms with Crippen molar-refractivity contribution in [3.63, 3.8) is 0 Å². The van der Waals surface area contributed by atoms with Crippen molar-refractivity contribution in [2.45, 2.75) is 26.3 Å². The summed E-state index contributed by atoms with van der Waals surface area (Å²) in [5.74, 6) is 1.06. The number of benzene rings is 2. The molecule has 2 aromatic carbocycles. The molecule has 0 amide bonds. The van der Waals surface area contributed by atoms with Gasteiger partial charge in [0.25, 0.3) is 0 Å². The van der Waals surface area contributed by atoms with E-state index in [-0.39, 0.29) is 0 Å². The summed E-state index contributed by atoms with van der Waals surface area (Å²) in [5, 5.41) is 0. The van der Waals surface area contributed by atoms with Crippen molar-refractivity contribution in [1.29, 1.82) is 0 Å². The Labute approximate surface area is 134 Å². The lowest BCUT2D eigenvalue weighted by Crippen LogP contribution is -2.37. The van der Waals surface area contributed by atoms with Crippen LogP contribution in [0.25, 0.3) is 28.1 Å². The number of nitrogens with zero attached hydrogens (tertiary/aromatic N) is 3. The number of aromatic nitrogens is 3. The SMILES string of the molecule is Cc1cc(-c2ccccc2)nc2n1c1cccc3c1[n+]2CCC3. The third kappa shape index (κ3) is 1.76. The molecule has 0 unspecified atom stereocenters. The summed E-state index contributed by atoms with van der Waals surface area (Å²) in [7, 11) is 0. The minimum absolute atomic E-state index is 1.05. The van der Waals surface area contributed by atoms with E-state index in [1.807, 2.05) is 6.07 Å². The highest BCUT2D eigenvalue weighted by Crippen LogP contribution is 2.26. The zero-order valence-corrected chi connectivity index (χ0v) is 13.2. The fraction of sp³-hybridized carbons (Fsp3) is 0.200. The van der Waals surface area contributed by atoms with E-state index >= 15 is 0 Å². The van der Waals surface area contributed by atoms with Crippen LogP contribution in [0.5, 0.6) is 0 Å². The molecule has 3 heteroatoms. The summed E-state index contributed by atoms with van der Waals surface area (Å²) in [6, 6.07) is 19.3. The average Bonchev–Trinajstić information content (AvgIpc) is 2.93. The highest BCUT2D eigenvalue weighted by molar-refractivity contribution is 5.79. The minimum Gasteiger partial charge on any atom is -0.224 e. The van der Waals surface area contributed by atoms with Crippen molar-refractivity contribution in [2.24, 2.45) is 0 Å². The quantitative estimate of drug-likeness (QED) is 0.491. The molecular formula is C20H18N3+. The Morgan fingerprint density at radius 3 is 2.78 bits per heavy atom. The number of rotatable bonds is 1. The van der Waals surface area contributed by atoms with Crippen molar-refractivity contribution in [3.8, 4) is 11.3 Å². The molecule has 4 aromatic rings. The van der Waals surface area contributed by atoms with Gasteiger partial charge in [0.15, 0.2) is 5.69 Å². The Balaban J connectivity index is 1.92. The van der Waals surface area contributed by atoms with Crippen LogP contribution in [0, 0.1) is 6.92 Å². The van der Waals surface area contributed by atoms with Crippen molar-refractivity contribution in [2.75, 3.05) is 0 Å². The van der Waals surface area contributed by atoms with E-state index in [4.69, 9.17) is 4.98 Å². The molecule has 3 heterocycles. The fourth-order valence-electron chi connectivity index (χ4n) is 3.86. The predicted molar refractivity (Wildman–Crippen MR) is 91.4 cm³/mol. The molecule has 0 radical (unpaired) electrons. The maximum atomic E-state index is 5.02. The average molecular weight is 300 g/mol. The molecular weight excluding hydrogens is 282 g/mol. The molecule has 1 aliphatic heterocycles. The molecule has 112 valence electrons. The summed E-state index contributed by atoms with van der Waals surface area (Å²) in [4.78, 5) is 5.02. The van der Waals surface area contributed by atoms with Gasteiger partial charge in [0.05, 0.1) is 12.2 Å². The number of hydrogen-bond donors (Lipinski definition) is 0. The lowest BCUT2D eigenvalue weighted by molar-refractivity contribution is -0.651. The van der Waals surface area contributed by atoms with Crippen LogP contribution in [-0.4, -0.2) is 9.38 Å². The van der Waals surface area contributed by atoms with E-state index in [0.29, 0.717) is 0 Å². The monoisotopic (exact) mass is 300 g/mol. The van der Waals surface area contributed by atoms with Gasteiger partial charge in [-0.15, -0.1) is 0 Å². The third-order valence-electron chi connectivity index (χ3n) is 4.87. The van der Waals surface area contributed by atoms with Crippen LogP contribution in [0.3, 0.4) is 0 Å². The second-order valence-corrected chi connectivity index (χ2v) is 6.32. The smallest absolute Gasteiger partial charge is 0.224 e. The van der Waals surface area contributed by atoms with E-state index in [0.717, 1.165) is 18.0 Å². The molecule has 0 saturated carbocycles. The van der Waals surface area contributed by atoms with E-state index in [1.165, 1.54) is 40.7 Å². The number of aryl methyl sites for hydroxylation is 3. The van der Waals surface area contributed by atoms with Gasteiger partial charge in [-0.3, -0.25) is 0 Å². The van der Waals surface area contributed by atoms with Crippen LogP contribution in [-0.2, 0) is 13.0 Å². The van der Waals surface area contributed by atoms with Gasteiger partial charge in [0, 0.05) is 11.6 Å². The van der Waals surface area contributed by atoms with Crippen LogP contribution in [0.15, 0.2) is 54.6 Å². The van der Waals surface area contributed by atoms with Gasteiger partial charge in [-0.1, -0.05) is 47.4 Å². The summed E-state index contributed by atoms with van der Waals surface area (Å²) in [6.45, 7) is 3.23. The van der Waals surface area contributed by atoms with E-state index < -0.39 is 0 Å². The Kier molecular flexibility index (Phi) is 2.60. The third-order valence-corrected chi connectivity index (χ3v) is 4.87. The Hall–Kier alpha value is -2.68. The van der Waals surface area contributed by atoms with Crippen molar-refractivity contribution >= 4 is 16.8 Å². The molecule has 0 fully saturated rings. The number of para-hydroxylation sites is 1. The van der Waals surface area contributed by atoms with Gasteiger partial charge >= 0.3 is 5.78 Å². The normalized spacial score (nSPS) is 13.8. The van der Waals surface area contributed by atoms with Crippen molar-refractivity contribution < 1.29 is 4.57 Å². The van der Waals surface area contributed by atoms with Gasteiger partial charge in [0.1, 0.15) is 11.0 Å². The molecule has 5 rings (SSSR count). The first-order chi connectivity index (χ1) is 11.3. The fourth-order valence-corrected chi connectivity index (χ4v) is 3.86. The van der Waals surface area contributed by atoms with Crippen molar-refractivity contribution in [3.05, 3.63) is 65.9 Å². The topological polar surface area (TPSA) is 21.2 Å². The molecule has 0 aliphatic carbocycles. The van der Waals surface area contributed by atoms with Crippen LogP contribution in [0.2, 0.25) is 0 Å². The molecule has 1 aliphatic rings. The summed E-state index contributed by atoms with van der Waals surface area (Å²) in [5.41, 5.74) is 7.54. The van der Waals surface area contributed by atoms with Crippen LogP contribution in [0.4, 0.5) is 0 Å². The number of hydrogen-bond acceptors (Lipinski definition) is 1. The minimum atomic E-state index is 1.05. The molecule has 23 heavy (non-hydrogen) atoms. The lowest BCUT2D eigenvalue weighted by Gasteiger charge is -2.09. The maximum absolute atomic E-state index is 5.02.